The Hall–Kier alpha value is 0.540. The van der Waals surface area contributed by atoms with Crippen LogP contribution in [-0.4, -0.2) is 24.5 Å². The predicted molar refractivity (Wildman–Crippen MR) is 43.7 cm³/mol. The molecule has 0 saturated carbocycles. The van der Waals surface area contributed by atoms with E-state index in [0.717, 1.165) is 5.92 Å². The van der Waals surface area contributed by atoms with Crippen LogP contribution in [-0.2, 0) is 0 Å². The van der Waals surface area contributed by atoms with Crippen molar-refractivity contribution in [2.45, 2.75) is 12.8 Å². The van der Waals surface area contributed by atoms with Crippen LogP contribution in [0.2, 0.25) is 0 Å². The molecule has 3 heterocycles. The van der Waals surface area contributed by atoms with E-state index in [2.05, 4.69) is 4.90 Å². The maximum atomic E-state index is 2.54. The lowest BCUT2D eigenvalue weighted by Crippen LogP contribution is -2.50. The number of rotatable bonds is 0. The molecule has 0 unspecified atom stereocenters. The summed E-state index contributed by atoms with van der Waals surface area (Å²) in [5.41, 5.74) is 0. The molecule has 0 aromatic carbocycles. The van der Waals surface area contributed by atoms with Gasteiger partial charge in [0.2, 0.25) is 0 Å². The highest BCUT2D eigenvalue weighted by Crippen LogP contribution is 2.26. The third-order valence-electron chi connectivity index (χ3n) is 2.12. The van der Waals surface area contributed by atoms with Crippen LogP contribution < -0.4 is 0 Å². The van der Waals surface area contributed by atoms with Crippen molar-refractivity contribution < 1.29 is 0 Å². The van der Waals surface area contributed by atoms with E-state index < -0.39 is 0 Å². The normalized spacial score (nSPS) is 37.3. The lowest BCUT2D eigenvalue weighted by molar-refractivity contribution is 0.0484. The first-order chi connectivity index (χ1) is 3.45. The number of hydrogen-bond acceptors (Lipinski definition) is 1. The van der Waals surface area contributed by atoms with Crippen molar-refractivity contribution in [2.75, 3.05) is 19.6 Å². The maximum Gasteiger partial charge on any atom is 0.00220 e. The van der Waals surface area contributed by atoms with Crippen molar-refractivity contribution >= 4 is 24.8 Å². The molecule has 0 atom stereocenters. The maximum absolute atomic E-state index is 2.54. The average molecular weight is 170 g/mol. The molecule has 3 fully saturated rings. The second-order valence-corrected chi connectivity index (χ2v) is 2.77. The summed E-state index contributed by atoms with van der Waals surface area (Å²) in [6.07, 6.45) is 2.97. The highest BCUT2D eigenvalue weighted by Gasteiger charge is 2.29. The van der Waals surface area contributed by atoms with Crippen molar-refractivity contribution in [3.05, 3.63) is 0 Å². The topological polar surface area (TPSA) is 3.24 Å². The van der Waals surface area contributed by atoms with Gasteiger partial charge < -0.3 is 4.90 Å². The molecule has 9 heavy (non-hydrogen) atoms. The highest BCUT2D eigenvalue weighted by molar-refractivity contribution is 5.85. The van der Waals surface area contributed by atoms with Crippen LogP contribution in [0.15, 0.2) is 0 Å². The monoisotopic (exact) mass is 169 g/mol. The summed E-state index contributed by atoms with van der Waals surface area (Å²) in [6, 6.07) is 0. The van der Waals surface area contributed by atoms with Crippen LogP contribution in [0.5, 0.6) is 0 Å². The molecule has 3 saturated heterocycles. The van der Waals surface area contributed by atoms with Crippen molar-refractivity contribution in [1.29, 1.82) is 0 Å². The van der Waals surface area contributed by atoms with Gasteiger partial charge in [-0.15, -0.1) is 24.8 Å². The third-order valence-corrected chi connectivity index (χ3v) is 2.12. The van der Waals surface area contributed by atoms with Gasteiger partial charge in [0.1, 0.15) is 0 Å². The van der Waals surface area contributed by atoms with Gasteiger partial charge in [0.15, 0.2) is 0 Å². The fourth-order valence-corrected chi connectivity index (χ4v) is 1.65. The van der Waals surface area contributed by atoms with Gasteiger partial charge in [-0.1, -0.05) is 0 Å². The molecule has 3 aliphatic rings. The molecule has 3 rings (SSSR count). The standard InChI is InChI=1S/C6H11N.2ClH/c1-2-6-4-7(3-1)5-6;;/h6H,1-5H2;2*1H. The SMILES string of the molecule is C1CC2CN(C1)C2.Cl.Cl. The molecule has 56 valence electrons. The summed E-state index contributed by atoms with van der Waals surface area (Å²) < 4.78 is 0. The minimum absolute atomic E-state index is 0. The number of piperidine rings is 2. The van der Waals surface area contributed by atoms with Crippen LogP contribution in [0.25, 0.3) is 0 Å². The van der Waals surface area contributed by atoms with Crippen molar-refractivity contribution in [1.82, 2.24) is 4.90 Å². The molecule has 2 bridgehead atoms. The van der Waals surface area contributed by atoms with Crippen LogP contribution >= 0.6 is 24.8 Å². The summed E-state index contributed by atoms with van der Waals surface area (Å²) in [7, 11) is 0. The molecule has 0 N–H and O–H groups in total. The summed E-state index contributed by atoms with van der Waals surface area (Å²) in [6.45, 7) is 4.22. The average Bonchev–Trinajstić information content (AvgIpc) is 1.67. The first-order valence-corrected chi connectivity index (χ1v) is 3.17. The van der Waals surface area contributed by atoms with E-state index in [9.17, 15) is 0 Å². The second kappa shape index (κ2) is 3.65. The molecule has 0 spiro atoms. The second-order valence-electron chi connectivity index (χ2n) is 2.77. The van der Waals surface area contributed by atoms with Crippen LogP contribution in [0.3, 0.4) is 0 Å². The summed E-state index contributed by atoms with van der Waals surface area (Å²) in [5, 5.41) is 0. The van der Waals surface area contributed by atoms with E-state index in [1.54, 1.807) is 0 Å². The minimum Gasteiger partial charge on any atom is -0.303 e. The molecule has 0 aromatic rings. The third kappa shape index (κ3) is 1.73. The highest BCUT2D eigenvalue weighted by atomic mass is 35.5. The minimum atomic E-state index is 0. The zero-order chi connectivity index (χ0) is 4.69. The Morgan fingerprint density at radius 2 is 1.78 bits per heavy atom. The Balaban J connectivity index is 0.000000320. The lowest BCUT2D eigenvalue weighted by Gasteiger charge is -2.44. The van der Waals surface area contributed by atoms with E-state index in [4.69, 9.17) is 0 Å². The van der Waals surface area contributed by atoms with Gasteiger partial charge in [0.05, 0.1) is 0 Å². The van der Waals surface area contributed by atoms with Crippen LogP contribution in [0.4, 0.5) is 0 Å². The Morgan fingerprint density at radius 3 is 1.89 bits per heavy atom. The largest absolute Gasteiger partial charge is 0.303 e. The van der Waals surface area contributed by atoms with Gasteiger partial charge in [-0.05, 0) is 25.3 Å². The number of hydrogen-bond donors (Lipinski definition) is 0. The fraction of sp³-hybridized carbons (Fsp3) is 1.00. The van der Waals surface area contributed by atoms with Crippen LogP contribution in [0, 0.1) is 5.92 Å². The Labute approximate surface area is 68.6 Å². The van der Waals surface area contributed by atoms with Gasteiger partial charge in [-0.3, -0.25) is 0 Å². The van der Waals surface area contributed by atoms with E-state index in [0.29, 0.717) is 0 Å². The predicted octanol–water partition coefficient (Wildman–Crippen LogP) is 1.56. The quantitative estimate of drug-likeness (QED) is 0.533. The van der Waals surface area contributed by atoms with Crippen LogP contribution in [0.1, 0.15) is 12.8 Å². The van der Waals surface area contributed by atoms with E-state index in [1.807, 2.05) is 0 Å². The molecule has 0 aliphatic carbocycles. The Kier molecular flexibility index (Phi) is 3.86. The number of halogens is 2. The van der Waals surface area contributed by atoms with Gasteiger partial charge in [0.25, 0.3) is 0 Å². The molecular formula is C6H13Cl2N. The molecule has 0 radical (unpaired) electrons. The van der Waals surface area contributed by atoms with Gasteiger partial charge in [-0.25, -0.2) is 0 Å². The molecule has 0 amide bonds. The molecule has 1 nitrogen and oxygen atoms in total. The zero-order valence-corrected chi connectivity index (χ0v) is 7.01. The number of nitrogens with zero attached hydrogens (tertiary/aromatic N) is 1. The van der Waals surface area contributed by atoms with E-state index in [1.165, 1.54) is 32.5 Å². The summed E-state index contributed by atoms with van der Waals surface area (Å²) in [5.74, 6) is 1.11. The van der Waals surface area contributed by atoms with Crippen molar-refractivity contribution in [3.63, 3.8) is 0 Å². The summed E-state index contributed by atoms with van der Waals surface area (Å²) >= 11 is 0. The van der Waals surface area contributed by atoms with Gasteiger partial charge in [0, 0.05) is 13.1 Å². The smallest absolute Gasteiger partial charge is 0.00220 e. The first-order valence-electron chi connectivity index (χ1n) is 3.17. The first kappa shape index (κ1) is 9.54. The molecule has 0 aromatic heterocycles. The zero-order valence-electron chi connectivity index (χ0n) is 5.38. The van der Waals surface area contributed by atoms with Gasteiger partial charge >= 0.3 is 0 Å². The Morgan fingerprint density at radius 1 is 1.11 bits per heavy atom. The van der Waals surface area contributed by atoms with Crippen molar-refractivity contribution in [2.24, 2.45) is 5.92 Å². The van der Waals surface area contributed by atoms with Crippen molar-refractivity contribution in [3.8, 4) is 0 Å². The number of fused-ring (bicyclic) bond motifs is 2. The summed E-state index contributed by atoms with van der Waals surface area (Å²) in [4.78, 5) is 2.54. The molecule has 3 heteroatoms. The molecular weight excluding hydrogens is 157 g/mol. The fourth-order valence-electron chi connectivity index (χ4n) is 1.65. The molecule has 3 aliphatic heterocycles. The van der Waals surface area contributed by atoms with E-state index >= 15 is 0 Å². The lowest BCUT2D eigenvalue weighted by atomic mass is 9.89. The van der Waals surface area contributed by atoms with Gasteiger partial charge in [-0.2, -0.15) is 0 Å². The van der Waals surface area contributed by atoms with E-state index in [-0.39, 0.29) is 24.8 Å². The Bertz CT molecular complexity index is 67.6.